The first kappa shape index (κ1) is 15.1. The molecule has 0 amide bonds. The highest BCUT2D eigenvalue weighted by atomic mass is 79.9. The number of hydrogen-bond donors (Lipinski definition) is 2. The number of halogens is 2. The van der Waals surface area contributed by atoms with Crippen molar-refractivity contribution >= 4 is 42.8 Å². The van der Waals surface area contributed by atoms with Gasteiger partial charge in [-0.3, -0.25) is 4.79 Å². The molecule has 0 bridgehead atoms. The Kier molecular flexibility index (Phi) is 3.74. The van der Waals surface area contributed by atoms with Gasteiger partial charge in [-0.25, -0.2) is 0 Å². The molecule has 0 fully saturated rings. The van der Waals surface area contributed by atoms with Crippen LogP contribution >= 0.6 is 31.9 Å². The zero-order valence-corrected chi connectivity index (χ0v) is 14.5. The number of aromatic hydroxyl groups is 2. The number of para-hydroxylation sites is 1. The second-order valence-electron chi connectivity index (χ2n) is 4.83. The minimum atomic E-state index is -0.201. The van der Waals surface area contributed by atoms with Crippen molar-refractivity contribution in [3.63, 3.8) is 0 Å². The fourth-order valence-electron chi connectivity index (χ4n) is 2.27. The van der Waals surface area contributed by atoms with Crippen molar-refractivity contribution in [3.8, 4) is 22.8 Å². The van der Waals surface area contributed by atoms with Crippen molar-refractivity contribution in [2.24, 2.45) is 0 Å². The summed E-state index contributed by atoms with van der Waals surface area (Å²) in [6, 6.07) is 7.98. The van der Waals surface area contributed by atoms with Gasteiger partial charge in [-0.05, 0) is 63.0 Å². The van der Waals surface area contributed by atoms with E-state index in [1.165, 1.54) is 6.07 Å². The Morgan fingerprint density at radius 1 is 1.09 bits per heavy atom. The summed E-state index contributed by atoms with van der Waals surface area (Å²) in [6.07, 6.45) is 0. The summed E-state index contributed by atoms with van der Waals surface area (Å²) in [5.74, 6) is 0.320. The molecule has 0 unspecified atom stereocenters. The van der Waals surface area contributed by atoms with E-state index in [2.05, 4.69) is 31.9 Å². The third kappa shape index (κ3) is 2.32. The van der Waals surface area contributed by atoms with Gasteiger partial charge in [0.15, 0.2) is 16.8 Å². The van der Waals surface area contributed by atoms with Crippen LogP contribution in [0, 0.1) is 6.92 Å². The average Bonchev–Trinajstić information content (AvgIpc) is 2.48. The van der Waals surface area contributed by atoms with Crippen LogP contribution in [0.3, 0.4) is 0 Å². The van der Waals surface area contributed by atoms with Crippen molar-refractivity contribution in [2.75, 3.05) is 0 Å². The van der Waals surface area contributed by atoms with Crippen LogP contribution in [-0.2, 0) is 0 Å². The van der Waals surface area contributed by atoms with Crippen molar-refractivity contribution < 1.29 is 14.6 Å². The molecule has 2 aromatic carbocycles. The molecular formula is C16H10Br2O4. The van der Waals surface area contributed by atoms with Crippen LogP contribution in [0.15, 0.2) is 48.5 Å². The molecule has 4 nitrogen and oxygen atoms in total. The van der Waals surface area contributed by atoms with Crippen LogP contribution in [0.2, 0.25) is 0 Å². The topological polar surface area (TPSA) is 70.7 Å². The Morgan fingerprint density at radius 3 is 2.36 bits per heavy atom. The maximum atomic E-state index is 12.5. The van der Waals surface area contributed by atoms with Gasteiger partial charge in [-0.15, -0.1) is 0 Å². The Balaban J connectivity index is 2.39. The van der Waals surface area contributed by atoms with Gasteiger partial charge < -0.3 is 14.6 Å². The number of benzene rings is 2. The maximum Gasteiger partial charge on any atom is 0.196 e. The summed E-state index contributed by atoms with van der Waals surface area (Å²) < 4.78 is 6.70. The summed E-state index contributed by atoms with van der Waals surface area (Å²) in [5.41, 5.74) is 0.986. The third-order valence-corrected chi connectivity index (χ3v) is 4.61. The van der Waals surface area contributed by atoms with E-state index in [0.717, 1.165) is 0 Å². The minimum Gasteiger partial charge on any atom is -0.506 e. The van der Waals surface area contributed by atoms with E-state index in [1.807, 2.05) is 0 Å². The quantitative estimate of drug-likeness (QED) is 0.592. The molecule has 1 aromatic heterocycles. The lowest BCUT2D eigenvalue weighted by Crippen LogP contribution is -2.07. The van der Waals surface area contributed by atoms with E-state index in [9.17, 15) is 15.0 Å². The van der Waals surface area contributed by atoms with Crippen LogP contribution < -0.4 is 5.43 Å². The van der Waals surface area contributed by atoms with Gasteiger partial charge in [0.25, 0.3) is 0 Å². The minimum absolute atomic E-state index is 0.0624. The molecule has 0 saturated heterocycles. The normalized spacial score (nSPS) is 11.0. The molecule has 0 spiro atoms. The molecule has 0 atom stereocenters. The van der Waals surface area contributed by atoms with Crippen molar-refractivity contribution in [3.05, 3.63) is 55.1 Å². The molecule has 3 rings (SSSR count). The molecule has 3 aromatic rings. The first-order chi connectivity index (χ1) is 10.4. The summed E-state index contributed by atoms with van der Waals surface area (Å²) in [4.78, 5) is 12.5. The molecule has 0 aliphatic carbocycles. The highest BCUT2D eigenvalue weighted by Crippen LogP contribution is 2.38. The fraction of sp³-hybridized carbons (Fsp3) is 0.0625. The molecule has 1 heterocycles. The lowest BCUT2D eigenvalue weighted by Gasteiger charge is -2.10. The van der Waals surface area contributed by atoms with E-state index in [-0.39, 0.29) is 22.5 Å². The van der Waals surface area contributed by atoms with Crippen LogP contribution in [0.5, 0.6) is 11.5 Å². The van der Waals surface area contributed by atoms with Crippen molar-refractivity contribution in [2.45, 2.75) is 6.92 Å². The van der Waals surface area contributed by atoms with Gasteiger partial charge in [0, 0.05) is 11.1 Å². The predicted molar refractivity (Wildman–Crippen MR) is 91.4 cm³/mol. The molecule has 112 valence electrons. The zero-order chi connectivity index (χ0) is 16.0. The van der Waals surface area contributed by atoms with Crippen molar-refractivity contribution in [1.29, 1.82) is 0 Å². The molecular weight excluding hydrogens is 416 g/mol. The first-order valence-corrected chi connectivity index (χ1v) is 7.92. The fourth-order valence-corrected chi connectivity index (χ4v) is 3.45. The lowest BCUT2D eigenvalue weighted by atomic mass is 10.1. The second-order valence-corrected chi connectivity index (χ2v) is 6.54. The largest absolute Gasteiger partial charge is 0.506 e. The molecule has 6 heteroatoms. The van der Waals surface area contributed by atoms with Gasteiger partial charge in [0.05, 0.1) is 14.3 Å². The average molecular weight is 426 g/mol. The summed E-state index contributed by atoms with van der Waals surface area (Å²) in [7, 11) is 0. The molecule has 0 aliphatic rings. The number of phenolic OH excluding ortho intramolecular Hbond substituents is 2. The highest BCUT2D eigenvalue weighted by Gasteiger charge is 2.16. The summed E-state index contributed by atoms with van der Waals surface area (Å²) >= 11 is 6.50. The number of phenols is 2. The Bertz CT molecular complexity index is 937. The monoisotopic (exact) mass is 424 g/mol. The maximum absolute atomic E-state index is 12.5. The van der Waals surface area contributed by atoms with Crippen LogP contribution in [-0.4, -0.2) is 10.2 Å². The van der Waals surface area contributed by atoms with Gasteiger partial charge in [0.1, 0.15) is 11.5 Å². The smallest absolute Gasteiger partial charge is 0.196 e. The number of fused-ring (bicyclic) bond motifs is 1. The molecule has 2 N–H and O–H groups in total. The lowest BCUT2D eigenvalue weighted by molar-refractivity contribution is 0.463. The van der Waals surface area contributed by atoms with Gasteiger partial charge >= 0.3 is 0 Å². The Labute approximate surface area is 142 Å². The number of hydrogen-bond acceptors (Lipinski definition) is 4. The standard InChI is InChI=1S/C16H10Br2O4/c1-7-13(20)9-3-2-4-12(19)16(9)22-15(7)8-5-10(17)14(21)11(18)6-8/h2-6,19,21H,1H3. The number of rotatable bonds is 1. The Morgan fingerprint density at radius 2 is 1.73 bits per heavy atom. The van der Waals surface area contributed by atoms with E-state index < -0.39 is 0 Å². The van der Waals surface area contributed by atoms with Gasteiger partial charge in [-0.2, -0.15) is 0 Å². The second kappa shape index (κ2) is 5.44. The van der Waals surface area contributed by atoms with E-state index >= 15 is 0 Å². The highest BCUT2D eigenvalue weighted by molar-refractivity contribution is 9.11. The van der Waals surface area contributed by atoms with Gasteiger partial charge in [-0.1, -0.05) is 6.07 Å². The van der Waals surface area contributed by atoms with E-state index in [0.29, 0.717) is 31.2 Å². The van der Waals surface area contributed by atoms with E-state index in [4.69, 9.17) is 4.42 Å². The molecule has 0 saturated carbocycles. The first-order valence-electron chi connectivity index (χ1n) is 6.34. The van der Waals surface area contributed by atoms with Gasteiger partial charge in [0.2, 0.25) is 0 Å². The summed E-state index contributed by atoms with van der Waals surface area (Å²) in [5, 5.41) is 20.0. The van der Waals surface area contributed by atoms with Crippen LogP contribution in [0.4, 0.5) is 0 Å². The van der Waals surface area contributed by atoms with E-state index in [1.54, 1.807) is 31.2 Å². The SMILES string of the molecule is Cc1c(-c2cc(Br)c(O)c(Br)c2)oc2c(O)cccc2c1=O. The zero-order valence-electron chi connectivity index (χ0n) is 11.4. The molecule has 0 aliphatic heterocycles. The summed E-state index contributed by atoms with van der Waals surface area (Å²) in [6.45, 7) is 1.67. The molecule has 0 radical (unpaired) electrons. The van der Waals surface area contributed by atoms with Crippen LogP contribution in [0.25, 0.3) is 22.3 Å². The third-order valence-electron chi connectivity index (χ3n) is 3.40. The predicted octanol–water partition coefficient (Wildman–Crippen LogP) is 4.70. The van der Waals surface area contributed by atoms with Crippen molar-refractivity contribution in [1.82, 2.24) is 0 Å². The van der Waals surface area contributed by atoms with Crippen LogP contribution in [0.1, 0.15) is 5.56 Å². The Hall–Kier alpha value is -1.79. The molecule has 22 heavy (non-hydrogen) atoms.